The van der Waals surface area contributed by atoms with E-state index in [-0.39, 0.29) is 23.5 Å². The van der Waals surface area contributed by atoms with Crippen LogP contribution in [0.25, 0.3) is 0 Å². The zero-order valence-corrected chi connectivity index (χ0v) is 13.9. The second-order valence-corrected chi connectivity index (χ2v) is 6.72. The second-order valence-electron chi connectivity index (χ2n) is 5.74. The maximum Gasteiger partial charge on any atom is 0.317 e. The van der Waals surface area contributed by atoms with Crippen molar-refractivity contribution in [2.24, 2.45) is 5.92 Å². The SMILES string of the molecule is O=C(c1ccc(F)cc1)[C@@H]1CCCN(C(=O)NCc2nccs2)C1. The van der Waals surface area contributed by atoms with Crippen LogP contribution in [0, 0.1) is 11.7 Å². The molecule has 1 aromatic carbocycles. The molecule has 1 aliphatic rings. The number of thiazole rings is 1. The Morgan fingerprint density at radius 2 is 2.12 bits per heavy atom. The largest absolute Gasteiger partial charge is 0.331 e. The highest BCUT2D eigenvalue weighted by Crippen LogP contribution is 2.21. The molecule has 1 fully saturated rings. The van der Waals surface area contributed by atoms with E-state index in [4.69, 9.17) is 0 Å². The van der Waals surface area contributed by atoms with Gasteiger partial charge in [-0.2, -0.15) is 0 Å². The van der Waals surface area contributed by atoms with Crippen LogP contribution in [0.5, 0.6) is 0 Å². The number of ketones is 1. The fourth-order valence-corrected chi connectivity index (χ4v) is 3.38. The Morgan fingerprint density at radius 1 is 1.33 bits per heavy atom. The number of aromatic nitrogens is 1. The summed E-state index contributed by atoms with van der Waals surface area (Å²) < 4.78 is 13.0. The van der Waals surface area contributed by atoms with Crippen molar-refractivity contribution in [1.29, 1.82) is 0 Å². The van der Waals surface area contributed by atoms with Gasteiger partial charge in [0.05, 0.1) is 6.54 Å². The van der Waals surface area contributed by atoms with E-state index in [1.807, 2.05) is 5.38 Å². The molecule has 1 aliphatic heterocycles. The highest BCUT2D eigenvalue weighted by molar-refractivity contribution is 7.09. The number of amides is 2. The third-order valence-corrected chi connectivity index (χ3v) is 4.86. The Hall–Kier alpha value is -2.28. The van der Waals surface area contributed by atoms with Gasteiger partial charge in [0.15, 0.2) is 5.78 Å². The van der Waals surface area contributed by atoms with Gasteiger partial charge in [-0.25, -0.2) is 14.2 Å². The number of Topliss-reactive ketones (excluding diaryl/α,β-unsaturated/α-hetero) is 1. The van der Waals surface area contributed by atoms with Crippen molar-refractivity contribution < 1.29 is 14.0 Å². The van der Waals surface area contributed by atoms with Crippen LogP contribution in [0.1, 0.15) is 28.2 Å². The van der Waals surface area contributed by atoms with Gasteiger partial charge in [0.1, 0.15) is 10.8 Å². The average Bonchev–Trinajstić information content (AvgIpc) is 3.13. The third-order valence-electron chi connectivity index (χ3n) is 4.08. The first kappa shape index (κ1) is 16.6. The van der Waals surface area contributed by atoms with Gasteiger partial charge >= 0.3 is 6.03 Å². The van der Waals surface area contributed by atoms with Gasteiger partial charge in [-0.15, -0.1) is 11.3 Å². The molecular weight excluding hydrogens is 329 g/mol. The van der Waals surface area contributed by atoms with Crippen molar-refractivity contribution in [3.05, 3.63) is 52.2 Å². The number of hydrogen-bond donors (Lipinski definition) is 1. The zero-order valence-electron chi connectivity index (χ0n) is 13.1. The minimum atomic E-state index is -0.363. The molecule has 1 aromatic heterocycles. The quantitative estimate of drug-likeness (QED) is 0.865. The molecule has 2 aromatic rings. The van der Waals surface area contributed by atoms with Crippen LogP contribution < -0.4 is 5.32 Å². The number of benzene rings is 1. The van der Waals surface area contributed by atoms with Crippen LogP contribution in [0.2, 0.25) is 0 Å². The fourth-order valence-electron chi connectivity index (χ4n) is 2.83. The first-order valence-electron chi connectivity index (χ1n) is 7.84. The number of halogens is 1. The molecule has 0 aliphatic carbocycles. The summed E-state index contributed by atoms with van der Waals surface area (Å²) in [5.74, 6) is -0.638. The molecule has 0 bridgehead atoms. The number of carbonyl (C=O) groups excluding carboxylic acids is 2. The number of hydrogen-bond acceptors (Lipinski definition) is 4. The van der Waals surface area contributed by atoms with Gasteiger partial charge in [0.25, 0.3) is 0 Å². The van der Waals surface area contributed by atoms with Crippen molar-refractivity contribution in [3.63, 3.8) is 0 Å². The number of carbonyl (C=O) groups is 2. The smallest absolute Gasteiger partial charge is 0.317 e. The molecule has 7 heteroatoms. The van der Waals surface area contributed by atoms with E-state index < -0.39 is 0 Å². The molecule has 0 radical (unpaired) electrons. The van der Waals surface area contributed by atoms with Crippen molar-refractivity contribution in [3.8, 4) is 0 Å². The average molecular weight is 347 g/mol. The predicted molar refractivity (Wildman–Crippen MR) is 89.4 cm³/mol. The Kier molecular flexibility index (Phi) is 5.20. The third kappa shape index (κ3) is 3.97. The first-order valence-corrected chi connectivity index (χ1v) is 8.72. The topological polar surface area (TPSA) is 62.3 Å². The Labute approximate surface area is 143 Å². The summed E-state index contributed by atoms with van der Waals surface area (Å²) in [6, 6.07) is 5.39. The number of rotatable bonds is 4. The van der Waals surface area contributed by atoms with Crippen LogP contribution in [-0.4, -0.2) is 34.8 Å². The van der Waals surface area contributed by atoms with E-state index in [0.717, 1.165) is 17.8 Å². The van der Waals surface area contributed by atoms with Crippen molar-refractivity contribution in [2.75, 3.05) is 13.1 Å². The van der Waals surface area contributed by atoms with E-state index >= 15 is 0 Å². The molecule has 1 saturated heterocycles. The summed E-state index contributed by atoms with van der Waals surface area (Å²) in [5, 5.41) is 5.54. The van der Waals surface area contributed by atoms with Crippen LogP contribution in [-0.2, 0) is 6.54 Å². The molecule has 0 saturated carbocycles. The van der Waals surface area contributed by atoms with Gasteiger partial charge in [0.2, 0.25) is 0 Å². The molecular formula is C17H18FN3O2S. The van der Waals surface area contributed by atoms with E-state index in [2.05, 4.69) is 10.3 Å². The lowest BCUT2D eigenvalue weighted by Gasteiger charge is -2.32. The molecule has 0 spiro atoms. The minimum Gasteiger partial charge on any atom is -0.331 e. The van der Waals surface area contributed by atoms with Gasteiger partial charge in [-0.1, -0.05) is 0 Å². The highest BCUT2D eigenvalue weighted by Gasteiger charge is 2.29. The number of nitrogens with zero attached hydrogens (tertiary/aromatic N) is 2. The molecule has 126 valence electrons. The van der Waals surface area contributed by atoms with E-state index in [9.17, 15) is 14.0 Å². The zero-order chi connectivity index (χ0) is 16.9. The van der Waals surface area contributed by atoms with Crippen LogP contribution in [0.15, 0.2) is 35.8 Å². The molecule has 0 unspecified atom stereocenters. The summed E-state index contributed by atoms with van der Waals surface area (Å²) in [6.07, 6.45) is 3.22. The van der Waals surface area contributed by atoms with Gasteiger partial charge in [-0.05, 0) is 37.1 Å². The Bertz CT molecular complexity index is 703. The Morgan fingerprint density at radius 3 is 2.83 bits per heavy atom. The molecule has 1 N–H and O–H groups in total. The summed E-state index contributed by atoms with van der Waals surface area (Å²) in [6.45, 7) is 1.42. The predicted octanol–water partition coefficient (Wildman–Crippen LogP) is 3.09. The van der Waals surface area contributed by atoms with Crippen LogP contribution in [0.3, 0.4) is 0 Å². The number of nitrogens with one attached hydrogen (secondary N) is 1. The van der Waals surface area contributed by atoms with Crippen molar-refractivity contribution >= 4 is 23.2 Å². The summed E-state index contributed by atoms with van der Waals surface area (Å²) in [5.41, 5.74) is 0.492. The van der Waals surface area contributed by atoms with Crippen molar-refractivity contribution in [2.45, 2.75) is 19.4 Å². The lowest BCUT2D eigenvalue weighted by atomic mass is 9.90. The Balaban J connectivity index is 1.58. The molecule has 5 nitrogen and oxygen atoms in total. The van der Waals surface area contributed by atoms with Gasteiger partial charge in [-0.3, -0.25) is 4.79 Å². The maximum atomic E-state index is 13.0. The van der Waals surface area contributed by atoms with E-state index in [0.29, 0.717) is 25.2 Å². The van der Waals surface area contributed by atoms with Crippen molar-refractivity contribution in [1.82, 2.24) is 15.2 Å². The van der Waals surface area contributed by atoms with E-state index in [1.165, 1.54) is 35.6 Å². The second kappa shape index (κ2) is 7.53. The number of likely N-dealkylation sites (tertiary alicyclic amines) is 1. The van der Waals surface area contributed by atoms with Crippen LogP contribution in [0.4, 0.5) is 9.18 Å². The highest BCUT2D eigenvalue weighted by atomic mass is 32.1. The molecule has 2 heterocycles. The minimum absolute atomic E-state index is 0.0348. The normalized spacial score (nSPS) is 17.5. The lowest BCUT2D eigenvalue weighted by Crippen LogP contribution is -2.46. The van der Waals surface area contributed by atoms with Crippen LogP contribution >= 0.6 is 11.3 Å². The molecule has 24 heavy (non-hydrogen) atoms. The number of urea groups is 1. The molecule has 3 rings (SSSR count). The lowest BCUT2D eigenvalue weighted by molar-refractivity contribution is 0.0845. The standard InChI is InChI=1S/C17H18FN3O2S/c18-14-5-3-12(4-6-14)16(22)13-2-1-8-21(11-13)17(23)20-10-15-19-7-9-24-15/h3-7,9,13H,1-2,8,10-11H2,(H,20,23)/t13-/m1/s1. The van der Waals surface area contributed by atoms with E-state index in [1.54, 1.807) is 11.1 Å². The monoisotopic (exact) mass is 347 g/mol. The number of piperidine rings is 1. The maximum absolute atomic E-state index is 13.0. The summed E-state index contributed by atoms with van der Waals surface area (Å²) in [7, 11) is 0. The first-order chi connectivity index (χ1) is 11.6. The molecule has 1 atom stereocenters. The summed E-state index contributed by atoms with van der Waals surface area (Å²) in [4.78, 5) is 30.6. The molecule has 2 amide bonds. The fraction of sp³-hybridized carbons (Fsp3) is 0.353. The summed E-state index contributed by atoms with van der Waals surface area (Å²) >= 11 is 1.49. The van der Waals surface area contributed by atoms with Gasteiger partial charge in [0, 0.05) is 36.1 Å². The van der Waals surface area contributed by atoms with Gasteiger partial charge < -0.3 is 10.2 Å².